The van der Waals surface area contributed by atoms with E-state index < -0.39 is 0 Å². The molecule has 1 aromatic carbocycles. The van der Waals surface area contributed by atoms with Gasteiger partial charge in [-0.25, -0.2) is 0 Å². The average Bonchev–Trinajstić information content (AvgIpc) is 2.42. The predicted octanol–water partition coefficient (Wildman–Crippen LogP) is 1.83. The van der Waals surface area contributed by atoms with Crippen LogP contribution in [0.2, 0.25) is 0 Å². The number of benzene rings is 1. The first-order chi connectivity index (χ1) is 8.79. The maximum absolute atomic E-state index is 12.0. The van der Waals surface area contributed by atoms with E-state index >= 15 is 0 Å². The van der Waals surface area contributed by atoms with Crippen LogP contribution < -0.4 is 10.6 Å². The molecule has 1 aliphatic heterocycles. The minimum Gasteiger partial charge on any atom is -0.325 e. The highest BCUT2D eigenvalue weighted by Gasteiger charge is 2.20. The van der Waals surface area contributed by atoms with Crippen LogP contribution in [0.5, 0.6) is 0 Å². The zero-order chi connectivity index (χ0) is 12.8. The van der Waals surface area contributed by atoms with Crippen molar-refractivity contribution in [3.63, 3.8) is 0 Å². The summed E-state index contributed by atoms with van der Waals surface area (Å²) in [6.07, 6.45) is 3.55. The number of nitriles is 1. The van der Waals surface area contributed by atoms with Crippen LogP contribution >= 0.6 is 0 Å². The molecule has 0 saturated carbocycles. The number of carbonyl (C=O) groups is 1. The van der Waals surface area contributed by atoms with Crippen molar-refractivity contribution in [3.8, 4) is 6.07 Å². The fourth-order valence-corrected chi connectivity index (χ4v) is 2.10. The van der Waals surface area contributed by atoms with Gasteiger partial charge in [0.15, 0.2) is 0 Å². The molecule has 4 heteroatoms. The Morgan fingerprint density at radius 1 is 1.39 bits per heavy atom. The fourth-order valence-electron chi connectivity index (χ4n) is 2.10. The highest BCUT2D eigenvalue weighted by molar-refractivity contribution is 5.94. The van der Waals surface area contributed by atoms with Crippen LogP contribution in [0, 0.1) is 11.3 Å². The molecule has 1 atom stereocenters. The van der Waals surface area contributed by atoms with E-state index in [4.69, 9.17) is 5.26 Å². The average molecular weight is 243 g/mol. The lowest BCUT2D eigenvalue weighted by atomic mass is 10.0. The lowest BCUT2D eigenvalue weighted by Gasteiger charge is -2.22. The summed E-state index contributed by atoms with van der Waals surface area (Å²) in [6, 6.07) is 9.44. The molecule has 1 saturated heterocycles. The van der Waals surface area contributed by atoms with Crippen molar-refractivity contribution >= 4 is 11.6 Å². The molecule has 0 spiro atoms. The molecular formula is C14H17N3O. The minimum atomic E-state index is -0.0717. The Bertz CT molecular complexity index is 441. The number of nitrogens with one attached hydrogen (secondary N) is 2. The first kappa shape index (κ1) is 12.6. The summed E-state index contributed by atoms with van der Waals surface area (Å²) in [5, 5.41) is 14.7. The van der Waals surface area contributed by atoms with E-state index in [1.807, 2.05) is 24.3 Å². The highest BCUT2D eigenvalue weighted by Crippen LogP contribution is 2.13. The number of hydrogen-bond acceptors (Lipinski definition) is 3. The second-order valence-electron chi connectivity index (χ2n) is 4.52. The maximum Gasteiger partial charge on any atom is 0.241 e. The Morgan fingerprint density at radius 3 is 2.78 bits per heavy atom. The van der Waals surface area contributed by atoms with Gasteiger partial charge in [0.05, 0.1) is 18.5 Å². The smallest absolute Gasteiger partial charge is 0.241 e. The van der Waals surface area contributed by atoms with Crippen LogP contribution in [0.4, 0.5) is 5.69 Å². The number of amides is 1. The molecular weight excluding hydrogens is 226 g/mol. The third kappa shape index (κ3) is 3.31. The molecule has 1 aliphatic rings. The Labute approximate surface area is 107 Å². The molecule has 0 bridgehead atoms. The van der Waals surface area contributed by atoms with Crippen LogP contribution in [0.25, 0.3) is 0 Å². The van der Waals surface area contributed by atoms with Gasteiger partial charge in [0.25, 0.3) is 0 Å². The quantitative estimate of drug-likeness (QED) is 0.851. The van der Waals surface area contributed by atoms with E-state index in [0.29, 0.717) is 6.42 Å². The molecule has 1 unspecified atom stereocenters. The van der Waals surface area contributed by atoms with E-state index in [2.05, 4.69) is 16.7 Å². The van der Waals surface area contributed by atoms with E-state index in [1.165, 1.54) is 0 Å². The molecule has 1 heterocycles. The van der Waals surface area contributed by atoms with Gasteiger partial charge in [-0.3, -0.25) is 4.79 Å². The summed E-state index contributed by atoms with van der Waals surface area (Å²) in [5.41, 5.74) is 1.75. The van der Waals surface area contributed by atoms with Gasteiger partial charge in [-0.15, -0.1) is 0 Å². The number of nitrogens with zero attached hydrogens (tertiary/aromatic N) is 1. The standard InChI is InChI=1S/C14H17N3O/c15-9-8-11-4-6-12(7-5-11)17-14(18)13-3-1-2-10-16-13/h4-7,13,16H,1-3,8,10H2,(H,17,18). The summed E-state index contributed by atoms with van der Waals surface area (Å²) in [6.45, 7) is 0.916. The third-order valence-electron chi connectivity index (χ3n) is 3.13. The van der Waals surface area contributed by atoms with Gasteiger partial charge in [-0.2, -0.15) is 5.26 Å². The summed E-state index contributed by atoms with van der Waals surface area (Å²) in [5.74, 6) is 0.0303. The number of rotatable bonds is 3. The molecule has 2 rings (SSSR count). The van der Waals surface area contributed by atoms with Crippen LogP contribution in [0.15, 0.2) is 24.3 Å². The lowest BCUT2D eigenvalue weighted by Crippen LogP contribution is -2.43. The summed E-state index contributed by atoms with van der Waals surface area (Å²) in [4.78, 5) is 12.0. The molecule has 4 nitrogen and oxygen atoms in total. The van der Waals surface area contributed by atoms with Gasteiger partial charge in [0, 0.05) is 5.69 Å². The predicted molar refractivity (Wildman–Crippen MR) is 70.0 cm³/mol. The van der Waals surface area contributed by atoms with Crippen molar-refractivity contribution in [2.75, 3.05) is 11.9 Å². The van der Waals surface area contributed by atoms with Crippen molar-refractivity contribution in [1.82, 2.24) is 5.32 Å². The van der Waals surface area contributed by atoms with Crippen molar-refractivity contribution in [2.24, 2.45) is 0 Å². The normalized spacial score (nSPS) is 18.9. The first-order valence-electron chi connectivity index (χ1n) is 6.30. The SMILES string of the molecule is N#CCc1ccc(NC(=O)C2CCCCN2)cc1. The number of anilines is 1. The van der Waals surface area contributed by atoms with E-state index in [-0.39, 0.29) is 11.9 Å². The van der Waals surface area contributed by atoms with Gasteiger partial charge in [-0.1, -0.05) is 18.6 Å². The summed E-state index contributed by atoms with van der Waals surface area (Å²) < 4.78 is 0. The molecule has 1 amide bonds. The van der Waals surface area contributed by atoms with Gasteiger partial charge < -0.3 is 10.6 Å². The Morgan fingerprint density at radius 2 is 2.17 bits per heavy atom. The number of piperidine rings is 1. The first-order valence-corrected chi connectivity index (χ1v) is 6.30. The van der Waals surface area contributed by atoms with Gasteiger partial charge >= 0.3 is 0 Å². The second kappa shape index (κ2) is 6.18. The maximum atomic E-state index is 12.0. The number of hydrogen-bond donors (Lipinski definition) is 2. The molecule has 94 valence electrons. The van der Waals surface area contributed by atoms with Crippen molar-refractivity contribution in [3.05, 3.63) is 29.8 Å². The van der Waals surface area contributed by atoms with E-state index in [9.17, 15) is 4.79 Å². The van der Waals surface area contributed by atoms with Crippen molar-refractivity contribution in [1.29, 1.82) is 5.26 Å². The molecule has 0 aliphatic carbocycles. The molecule has 1 fully saturated rings. The molecule has 18 heavy (non-hydrogen) atoms. The second-order valence-corrected chi connectivity index (χ2v) is 4.52. The topological polar surface area (TPSA) is 64.9 Å². The highest BCUT2D eigenvalue weighted by atomic mass is 16.2. The Hall–Kier alpha value is -1.86. The zero-order valence-electron chi connectivity index (χ0n) is 10.3. The fraction of sp³-hybridized carbons (Fsp3) is 0.429. The van der Waals surface area contributed by atoms with Crippen LogP contribution in [-0.2, 0) is 11.2 Å². The summed E-state index contributed by atoms with van der Waals surface area (Å²) >= 11 is 0. The minimum absolute atomic E-state index is 0.0303. The zero-order valence-corrected chi connectivity index (χ0v) is 10.3. The van der Waals surface area contributed by atoms with Gasteiger partial charge in [0.1, 0.15) is 0 Å². The van der Waals surface area contributed by atoms with Crippen molar-refractivity contribution < 1.29 is 4.79 Å². The van der Waals surface area contributed by atoms with Gasteiger partial charge in [0.2, 0.25) is 5.91 Å². The Balaban J connectivity index is 1.92. The van der Waals surface area contributed by atoms with E-state index in [1.54, 1.807) is 0 Å². The number of carbonyl (C=O) groups excluding carboxylic acids is 1. The molecule has 2 N–H and O–H groups in total. The molecule has 1 aromatic rings. The largest absolute Gasteiger partial charge is 0.325 e. The Kier molecular flexibility index (Phi) is 4.32. The molecule has 0 aromatic heterocycles. The van der Waals surface area contributed by atoms with E-state index in [0.717, 1.165) is 37.1 Å². The van der Waals surface area contributed by atoms with Crippen LogP contribution in [0.3, 0.4) is 0 Å². The van der Waals surface area contributed by atoms with Crippen LogP contribution in [0.1, 0.15) is 24.8 Å². The summed E-state index contributed by atoms with van der Waals surface area (Å²) in [7, 11) is 0. The third-order valence-corrected chi connectivity index (χ3v) is 3.13. The monoisotopic (exact) mass is 243 g/mol. The van der Waals surface area contributed by atoms with Gasteiger partial charge in [-0.05, 0) is 37.1 Å². The van der Waals surface area contributed by atoms with Crippen LogP contribution in [-0.4, -0.2) is 18.5 Å². The molecule has 0 radical (unpaired) electrons. The lowest BCUT2D eigenvalue weighted by molar-refractivity contribution is -0.118. The van der Waals surface area contributed by atoms with Crippen molar-refractivity contribution in [2.45, 2.75) is 31.7 Å².